The molecule has 0 saturated carbocycles. The molecule has 2 atom stereocenters. The van der Waals surface area contributed by atoms with E-state index in [0.717, 1.165) is 34.3 Å². The number of rotatable bonds is 6. The van der Waals surface area contributed by atoms with Crippen LogP contribution in [0.25, 0.3) is 10.2 Å². The van der Waals surface area contributed by atoms with E-state index < -0.39 is 0 Å². The van der Waals surface area contributed by atoms with Crippen molar-refractivity contribution in [2.75, 3.05) is 19.6 Å². The number of aliphatic hydroxyl groups excluding tert-OH is 1. The first-order chi connectivity index (χ1) is 13.6. The Balaban J connectivity index is 1.46. The van der Waals surface area contributed by atoms with Crippen LogP contribution in [0, 0.1) is 0 Å². The van der Waals surface area contributed by atoms with Gasteiger partial charge in [-0.05, 0) is 29.7 Å². The lowest BCUT2D eigenvalue weighted by molar-refractivity contribution is -0.121. The molecule has 0 radical (unpaired) electrons. The highest BCUT2D eigenvalue weighted by Gasteiger charge is 2.24. The third kappa shape index (κ3) is 4.49. The molecule has 2 heterocycles. The smallest absolute Gasteiger partial charge is 0.305 e. The third-order valence-electron chi connectivity index (χ3n) is 5.07. The highest BCUT2D eigenvalue weighted by molar-refractivity contribution is 7.16. The van der Waals surface area contributed by atoms with Crippen LogP contribution in [-0.4, -0.2) is 46.6 Å². The van der Waals surface area contributed by atoms with E-state index in [0.29, 0.717) is 13.1 Å². The topological polar surface area (TPSA) is 85.4 Å². The number of thiazole rings is 1. The van der Waals surface area contributed by atoms with Crippen molar-refractivity contribution in [1.82, 2.24) is 15.2 Å². The Morgan fingerprint density at radius 3 is 2.86 bits per heavy atom. The van der Waals surface area contributed by atoms with Gasteiger partial charge in [0, 0.05) is 19.6 Å². The van der Waals surface area contributed by atoms with Gasteiger partial charge in [0.1, 0.15) is 0 Å². The molecule has 4 rings (SSSR count). The van der Waals surface area contributed by atoms with E-state index in [1.807, 2.05) is 48.5 Å². The molecule has 1 fully saturated rings. The Hall–Kier alpha value is -2.48. The summed E-state index contributed by atoms with van der Waals surface area (Å²) in [5.74, 6) is -0.0643. The van der Waals surface area contributed by atoms with Gasteiger partial charge in [-0.3, -0.25) is 14.5 Å². The molecule has 7 heteroatoms. The number of amides is 1. The van der Waals surface area contributed by atoms with Crippen molar-refractivity contribution in [3.8, 4) is 0 Å². The van der Waals surface area contributed by atoms with Gasteiger partial charge in [-0.15, -0.1) is 0 Å². The number of β-amino-alcohol motifs (C(OH)–C–C–N with tert-alkyl or cyclic N) is 1. The van der Waals surface area contributed by atoms with Crippen LogP contribution >= 0.6 is 11.3 Å². The van der Waals surface area contributed by atoms with Crippen molar-refractivity contribution in [2.45, 2.75) is 25.0 Å². The fourth-order valence-corrected chi connectivity index (χ4v) is 4.41. The summed E-state index contributed by atoms with van der Waals surface area (Å²) in [6, 6.07) is 15.4. The normalized spacial score (nSPS) is 18.4. The Morgan fingerprint density at radius 2 is 2.11 bits per heavy atom. The first-order valence-corrected chi connectivity index (χ1v) is 10.2. The summed E-state index contributed by atoms with van der Waals surface area (Å²) in [5, 5.41) is 12.9. The molecule has 1 saturated heterocycles. The number of benzene rings is 2. The predicted molar refractivity (Wildman–Crippen MR) is 111 cm³/mol. The summed E-state index contributed by atoms with van der Waals surface area (Å²) in [6.45, 7) is 2.15. The summed E-state index contributed by atoms with van der Waals surface area (Å²) < 4.78 is 0.893. The summed E-state index contributed by atoms with van der Waals surface area (Å²) in [5.41, 5.74) is 2.68. The van der Waals surface area contributed by atoms with Crippen molar-refractivity contribution in [1.29, 1.82) is 0 Å². The summed E-state index contributed by atoms with van der Waals surface area (Å²) in [7, 11) is 0. The van der Waals surface area contributed by atoms with Gasteiger partial charge in [0.15, 0.2) is 0 Å². The quantitative estimate of drug-likeness (QED) is 0.594. The Bertz CT molecular complexity index is 1010. The lowest BCUT2D eigenvalue weighted by Crippen LogP contribution is -2.38. The van der Waals surface area contributed by atoms with E-state index in [1.165, 1.54) is 11.3 Å². The van der Waals surface area contributed by atoms with E-state index in [2.05, 4.69) is 15.2 Å². The number of aromatic nitrogens is 1. The molecule has 0 bridgehead atoms. The molecule has 3 N–H and O–H groups in total. The second-order valence-electron chi connectivity index (χ2n) is 7.25. The van der Waals surface area contributed by atoms with Gasteiger partial charge in [-0.1, -0.05) is 47.7 Å². The highest BCUT2D eigenvalue weighted by Crippen LogP contribution is 2.19. The van der Waals surface area contributed by atoms with Crippen LogP contribution in [0.3, 0.4) is 0 Å². The number of nitrogens with one attached hydrogen (secondary N) is 2. The lowest BCUT2D eigenvalue weighted by Gasteiger charge is -2.25. The molecule has 1 aliphatic heterocycles. The van der Waals surface area contributed by atoms with Crippen LogP contribution in [0.5, 0.6) is 0 Å². The van der Waals surface area contributed by atoms with Crippen molar-refractivity contribution in [2.24, 2.45) is 0 Å². The first-order valence-electron chi connectivity index (χ1n) is 9.43. The number of aliphatic hydroxyl groups is 1. The standard InChI is InChI=1S/C21H23N3O3S/c25-16-8-9-24(12-16)13-18(15-4-2-1-3-5-15)22-20(26)11-14-6-7-19-17(10-14)23-21(27)28-19/h1-7,10,16,18,25H,8-9,11-13H2,(H,22,26)(H,23,27)/t16-,18-/m1/s1. The predicted octanol–water partition coefficient (Wildman–Crippen LogP) is 2.06. The molecule has 28 heavy (non-hydrogen) atoms. The van der Waals surface area contributed by atoms with Crippen molar-refractivity contribution in [3.63, 3.8) is 0 Å². The van der Waals surface area contributed by atoms with Crippen LogP contribution in [0.4, 0.5) is 0 Å². The maximum Gasteiger partial charge on any atom is 0.305 e. The number of nitrogens with zero attached hydrogens (tertiary/aromatic N) is 1. The average molecular weight is 398 g/mol. The zero-order valence-corrected chi connectivity index (χ0v) is 16.2. The Kier molecular flexibility index (Phi) is 5.57. The molecule has 0 aliphatic carbocycles. The monoisotopic (exact) mass is 397 g/mol. The zero-order valence-electron chi connectivity index (χ0n) is 15.4. The molecule has 1 aliphatic rings. The highest BCUT2D eigenvalue weighted by atomic mass is 32.1. The summed E-state index contributed by atoms with van der Waals surface area (Å²) in [4.78, 5) is 29.1. The summed E-state index contributed by atoms with van der Waals surface area (Å²) in [6.07, 6.45) is 0.736. The summed E-state index contributed by atoms with van der Waals surface area (Å²) >= 11 is 1.17. The minimum Gasteiger partial charge on any atom is -0.392 e. The van der Waals surface area contributed by atoms with E-state index in [9.17, 15) is 14.7 Å². The van der Waals surface area contributed by atoms with Gasteiger partial charge in [0.25, 0.3) is 0 Å². The Morgan fingerprint density at radius 1 is 1.29 bits per heavy atom. The second-order valence-corrected chi connectivity index (χ2v) is 8.27. The van der Waals surface area contributed by atoms with Crippen molar-refractivity contribution in [3.05, 3.63) is 69.3 Å². The number of H-pyrrole nitrogens is 1. The van der Waals surface area contributed by atoms with Gasteiger partial charge in [-0.2, -0.15) is 0 Å². The van der Waals surface area contributed by atoms with Gasteiger partial charge in [0.05, 0.1) is 28.8 Å². The number of fused-ring (bicyclic) bond motifs is 1. The molecule has 146 valence electrons. The van der Waals surface area contributed by atoms with Gasteiger partial charge in [0.2, 0.25) is 5.91 Å². The number of likely N-dealkylation sites (tertiary alicyclic amines) is 1. The Labute approximate surface area is 166 Å². The molecule has 2 aromatic carbocycles. The number of aromatic amines is 1. The molecular weight excluding hydrogens is 374 g/mol. The average Bonchev–Trinajstić information content (AvgIpc) is 3.25. The van der Waals surface area contributed by atoms with E-state index in [4.69, 9.17) is 0 Å². The molecule has 1 aromatic heterocycles. The maximum absolute atomic E-state index is 12.7. The van der Waals surface area contributed by atoms with Crippen LogP contribution in [0.1, 0.15) is 23.6 Å². The fourth-order valence-electron chi connectivity index (χ4n) is 3.70. The third-order valence-corrected chi connectivity index (χ3v) is 5.94. The van der Waals surface area contributed by atoms with Crippen molar-refractivity contribution < 1.29 is 9.90 Å². The fraction of sp³-hybridized carbons (Fsp3) is 0.333. The second kappa shape index (κ2) is 8.26. The van der Waals surface area contributed by atoms with E-state index in [-0.39, 0.29) is 29.3 Å². The minimum absolute atomic E-state index is 0.0643. The lowest BCUT2D eigenvalue weighted by atomic mass is 10.1. The SMILES string of the molecule is O=C(Cc1ccc2sc(=O)[nH]c2c1)N[C@H](CN1CC[C@@H](O)C1)c1ccccc1. The number of carbonyl (C=O) groups excluding carboxylic acids is 1. The largest absolute Gasteiger partial charge is 0.392 e. The van der Waals surface area contributed by atoms with Crippen LogP contribution in [0.15, 0.2) is 53.3 Å². The zero-order chi connectivity index (χ0) is 19.5. The van der Waals surface area contributed by atoms with Gasteiger partial charge < -0.3 is 15.4 Å². The van der Waals surface area contributed by atoms with Crippen molar-refractivity contribution >= 4 is 27.5 Å². The van der Waals surface area contributed by atoms with Crippen LogP contribution in [-0.2, 0) is 11.2 Å². The van der Waals surface area contributed by atoms with Crippen LogP contribution < -0.4 is 10.2 Å². The van der Waals surface area contributed by atoms with Gasteiger partial charge >= 0.3 is 4.87 Å². The molecule has 6 nitrogen and oxygen atoms in total. The van der Waals surface area contributed by atoms with E-state index >= 15 is 0 Å². The first kappa shape index (κ1) is 18.9. The molecule has 3 aromatic rings. The van der Waals surface area contributed by atoms with Gasteiger partial charge in [-0.25, -0.2) is 0 Å². The number of hydrogen-bond acceptors (Lipinski definition) is 5. The van der Waals surface area contributed by atoms with Crippen LogP contribution in [0.2, 0.25) is 0 Å². The number of carbonyl (C=O) groups is 1. The number of hydrogen-bond donors (Lipinski definition) is 3. The maximum atomic E-state index is 12.7. The minimum atomic E-state index is -0.286. The molecular formula is C21H23N3O3S. The molecule has 1 amide bonds. The molecule has 0 unspecified atom stereocenters. The molecule has 0 spiro atoms. The van der Waals surface area contributed by atoms with E-state index in [1.54, 1.807) is 0 Å².